The number of nitrogens with one attached hydrogen (secondary N) is 1. The fourth-order valence-electron chi connectivity index (χ4n) is 3.16. The summed E-state index contributed by atoms with van der Waals surface area (Å²) < 4.78 is 30.7. The fourth-order valence-corrected chi connectivity index (χ4v) is 3.67. The maximum atomic E-state index is 12.0. The van der Waals surface area contributed by atoms with Crippen LogP contribution >= 0.6 is 0 Å². The van der Waals surface area contributed by atoms with E-state index in [9.17, 15) is 13.2 Å². The van der Waals surface area contributed by atoms with E-state index in [0.717, 1.165) is 11.9 Å². The molecule has 4 aromatic rings. The van der Waals surface area contributed by atoms with Gasteiger partial charge in [0.1, 0.15) is 17.0 Å². The lowest BCUT2D eigenvalue weighted by Crippen LogP contribution is -2.13. The maximum absolute atomic E-state index is 12.0. The third-order valence-electron chi connectivity index (χ3n) is 4.49. The first-order valence-corrected chi connectivity index (χ1v) is 11.6. The molecule has 10 nitrogen and oxygen atoms in total. The second kappa shape index (κ2) is 8.35. The van der Waals surface area contributed by atoms with Crippen LogP contribution in [-0.2, 0) is 14.6 Å². The molecule has 0 saturated heterocycles. The summed E-state index contributed by atoms with van der Waals surface area (Å²) in [6, 6.07) is 10.5. The number of ether oxygens (including phenoxy) is 1. The number of hydrogen-bond acceptors (Lipinski definition) is 8. The standard InChI is InChI=1S/C21H20N6O4S/c1-4-31-21(28)24-14-9-11-27-17(12-14)26-18(15-7-5-6-13(2)23-15)19(27)16-8-10-22-20(25-16)32(3,29)30/h5-12H,4H2,1-3H3,(H,24,28). The Morgan fingerprint density at radius 3 is 2.66 bits per heavy atom. The Morgan fingerprint density at radius 2 is 1.94 bits per heavy atom. The van der Waals surface area contributed by atoms with Gasteiger partial charge in [0, 0.05) is 36.1 Å². The Bertz CT molecular complexity index is 1430. The molecule has 0 atom stereocenters. The molecule has 0 unspecified atom stereocenters. The lowest BCUT2D eigenvalue weighted by atomic mass is 10.1. The molecule has 4 aromatic heterocycles. The Balaban J connectivity index is 1.93. The molecule has 0 aliphatic heterocycles. The van der Waals surface area contributed by atoms with E-state index >= 15 is 0 Å². The van der Waals surface area contributed by atoms with E-state index < -0.39 is 15.9 Å². The number of amides is 1. The molecule has 0 spiro atoms. The molecule has 0 aliphatic carbocycles. The zero-order valence-electron chi connectivity index (χ0n) is 17.6. The van der Waals surface area contributed by atoms with Crippen molar-refractivity contribution in [3.05, 3.63) is 54.5 Å². The molecule has 1 amide bonds. The topological polar surface area (TPSA) is 128 Å². The zero-order valence-corrected chi connectivity index (χ0v) is 18.4. The molecule has 164 valence electrons. The Morgan fingerprint density at radius 1 is 1.12 bits per heavy atom. The highest BCUT2D eigenvalue weighted by molar-refractivity contribution is 7.90. The molecule has 0 fully saturated rings. The van der Waals surface area contributed by atoms with Crippen molar-refractivity contribution >= 4 is 27.3 Å². The van der Waals surface area contributed by atoms with Crippen LogP contribution in [0.5, 0.6) is 0 Å². The van der Waals surface area contributed by atoms with Gasteiger partial charge in [0.15, 0.2) is 0 Å². The summed E-state index contributed by atoms with van der Waals surface area (Å²) in [4.78, 5) is 29.2. The van der Waals surface area contributed by atoms with Crippen molar-refractivity contribution in [1.82, 2.24) is 24.3 Å². The average Bonchev–Trinajstić information content (AvgIpc) is 3.12. The number of aromatic nitrogens is 5. The van der Waals surface area contributed by atoms with E-state index in [2.05, 4.69) is 20.3 Å². The highest BCUT2D eigenvalue weighted by Crippen LogP contribution is 2.32. The summed E-state index contributed by atoms with van der Waals surface area (Å²) in [5.41, 5.74) is 3.84. The first-order valence-electron chi connectivity index (χ1n) is 9.69. The van der Waals surface area contributed by atoms with Gasteiger partial charge in [-0.05, 0) is 38.1 Å². The number of nitrogens with zero attached hydrogens (tertiary/aromatic N) is 5. The van der Waals surface area contributed by atoms with Crippen molar-refractivity contribution in [3.63, 3.8) is 0 Å². The van der Waals surface area contributed by atoms with Gasteiger partial charge < -0.3 is 4.74 Å². The Hall–Kier alpha value is -3.86. The fraction of sp³-hybridized carbons (Fsp3) is 0.190. The van der Waals surface area contributed by atoms with Crippen LogP contribution in [0.2, 0.25) is 0 Å². The number of anilines is 1. The molecule has 0 radical (unpaired) electrons. The van der Waals surface area contributed by atoms with Crippen molar-refractivity contribution in [2.45, 2.75) is 19.0 Å². The predicted octanol–water partition coefficient (Wildman–Crippen LogP) is 3.13. The largest absolute Gasteiger partial charge is 0.450 e. The number of pyridine rings is 2. The van der Waals surface area contributed by atoms with Gasteiger partial charge in [0.2, 0.25) is 15.0 Å². The van der Waals surface area contributed by atoms with Crippen LogP contribution in [0, 0.1) is 6.92 Å². The van der Waals surface area contributed by atoms with Crippen LogP contribution in [0.3, 0.4) is 0 Å². The molecule has 4 rings (SSSR count). The Kier molecular flexibility index (Phi) is 5.57. The van der Waals surface area contributed by atoms with E-state index in [0.29, 0.717) is 34.1 Å². The molecule has 1 N–H and O–H groups in total. The second-order valence-electron chi connectivity index (χ2n) is 6.96. The summed E-state index contributed by atoms with van der Waals surface area (Å²) in [5, 5.41) is 2.36. The summed E-state index contributed by atoms with van der Waals surface area (Å²) in [5.74, 6) is 0. The molecule has 0 aliphatic rings. The Labute approximate surface area is 184 Å². The number of carbonyl (C=O) groups is 1. The molecular formula is C21H20N6O4S. The number of imidazole rings is 1. The molecule has 0 aromatic carbocycles. The van der Waals surface area contributed by atoms with E-state index in [4.69, 9.17) is 9.72 Å². The number of aryl methyl sites for hydroxylation is 1. The molecule has 32 heavy (non-hydrogen) atoms. The van der Waals surface area contributed by atoms with E-state index in [1.165, 1.54) is 6.20 Å². The van der Waals surface area contributed by atoms with E-state index in [1.807, 2.05) is 25.1 Å². The minimum atomic E-state index is -3.61. The van der Waals surface area contributed by atoms with Gasteiger partial charge in [-0.1, -0.05) is 6.07 Å². The number of rotatable bonds is 5. The van der Waals surface area contributed by atoms with Crippen LogP contribution in [-0.4, -0.2) is 51.7 Å². The summed E-state index contributed by atoms with van der Waals surface area (Å²) in [6.07, 6.45) is 3.58. The third-order valence-corrected chi connectivity index (χ3v) is 5.35. The highest BCUT2D eigenvalue weighted by Gasteiger charge is 2.21. The van der Waals surface area contributed by atoms with Crippen LogP contribution in [0.15, 0.2) is 53.9 Å². The first-order chi connectivity index (χ1) is 15.3. The number of carbonyl (C=O) groups excluding carboxylic acids is 1. The molecule has 4 heterocycles. The average molecular weight is 452 g/mol. The van der Waals surface area contributed by atoms with Gasteiger partial charge in [-0.25, -0.2) is 28.2 Å². The van der Waals surface area contributed by atoms with E-state index in [1.54, 1.807) is 35.7 Å². The van der Waals surface area contributed by atoms with Crippen molar-refractivity contribution in [3.8, 4) is 22.8 Å². The zero-order chi connectivity index (χ0) is 22.9. The molecule has 11 heteroatoms. The highest BCUT2D eigenvalue weighted by atomic mass is 32.2. The van der Waals surface area contributed by atoms with Gasteiger partial charge in [0.05, 0.1) is 18.0 Å². The first kappa shape index (κ1) is 21.4. The third kappa shape index (κ3) is 4.28. The summed E-state index contributed by atoms with van der Waals surface area (Å²) in [7, 11) is -3.61. The van der Waals surface area contributed by atoms with Crippen LogP contribution in [0.25, 0.3) is 28.4 Å². The SMILES string of the molecule is CCOC(=O)Nc1ccn2c(-c3ccnc(S(C)(=O)=O)n3)c(-c3cccc(C)n3)nc2c1. The minimum Gasteiger partial charge on any atom is -0.450 e. The lowest BCUT2D eigenvalue weighted by Gasteiger charge is -2.08. The van der Waals surface area contributed by atoms with Crippen LogP contribution in [0.1, 0.15) is 12.6 Å². The van der Waals surface area contributed by atoms with Gasteiger partial charge in [-0.15, -0.1) is 0 Å². The molecular weight excluding hydrogens is 432 g/mol. The lowest BCUT2D eigenvalue weighted by molar-refractivity contribution is 0.168. The van der Waals surface area contributed by atoms with Gasteiger partial charge in [-0.3, -0.25) is 14.7 Å². The number of fused-ring (bicyclic) bond motifs is 1. The summed E-state index contributed by atoms with van der Waals surface area (Å²) >= 11 is 0. The van der Waals surface area contributed by atoms with Crippen molar-refractivity contribution in [2.75, 3.05) is 18.2 Å². The van der Waals surface area contributed by atoms with Gasteiger partial charge in [-0.2, -0.15) is 0 Å². The van der Waals surface area contributed by atoms with Crippen molar-refractivity contribution in [1.29, 1.82) is 0 Å². The normalized spacial score (nSPS) is 11.5. The smallest absolute Gasteiger partial charge is 0.411 e. The predicted molar refractivity (Wildman–Crippen MR) is 118 cm³/mol. The molecule has 0 saturated carbocycles. The van der Waals surface area contributed by atoms with Gasteiger partial charge in [0.25, 0.3) is 0 Å². The quantitative estimate of drug-likeness (QED) is 0.457. The maximum Gasteiger partial charge on any atom is 0.411 e. The number of hydrogen-bond donors (Lipinski definition) is 1. The van der Waals surface area contributed by atoms with E-state index in [-0.39, 0.29) is 11.8 Å². The second-order valence-corrected chi connectivity index (χ2v) is 8.87. The monoisotopic (exact) mass is 452 g/mol. The van der Waals surface area contributed by atoms with Crippen molar-refractivity contribution < 1.29 is 17.9 Å². The molecule has 0 bridgehead atoms. The van der Waals surface area contributed by atoms with Crippen LogP contribution < -0.4 is 5.32 Å². The number of sulfone groups is 1. The van der Waals surface area contributed by atoms with Crippen molar-refractivity contribution in [2.24, 2.45) is 0 Å². The van der Waals surface area contributed by atoms with Gasteiger partial charge >= 0.3 is 6.09 Å². The van der Waals surface area contributed by atoms with Crippen LogP contribution in [0.4, 0.5) is 10.5 Å². The summed E-state index contributed by atoms with van der Waals surface area (Å²) in [6.45, 7) is 3.84. The minimum absolute atomic E-state index is 0.251.